The lowest BCUT2D eigenvalue weighted by molar-refractivity contribution is -0.106. The summed E-state index contributed by atoms with van der Waals surface area (Å²) in [6.45, 7) is 5.08. The zero-order chi connectivity index (χ0) is 11.7. The van der Waals surface area contributed by atoms with Crippen LogP contribution in [-0.2, 0) is 11.2 Å². The number of rotatable bonds is 3. The molecule has 0 fully saturated rings. The van der Waals surface area contributed by atoms with Crippen molar-refractivity contribution in [1.82, 2.24) is 0 Å². The Morgan fingerprint density at radius 1 is 1.53 bits per heavy atom. The van der Waals surface area contributed by atoms with E-state index in [1.54, 1.807) is 12.1 Å². The first-order chi connectivity index (χ1) is 7.19. The maximum absolute atomic E-state index is 9.25. The van der Waals surface area contributed by atoms with Gasteiger partial charge in [0.25, 0.3) is 0 Å². The van der Waals surface area contributed by atoms with Crippen molar-refractivity contribution in [2.24, 2.45) is 0 Å². The lowest BCUT2D eigenvalue weighted by Crippen LogP contribution is -1.86. The van der Waals surface area contributed by atoms with Crippen LogP contribution in [0.3, 0.4) is 0 Å². The smallest absolute Gasteiger partial charge is 0.160 e. The number of ether oxygens (including phenoxy) is 1. The normalized spacial score (nSPS) is 8.40. The van der Waals surface area contributed by atoms with Gasteiger partial charge in [0.1, 0.15) is 6.29 Å². The molecule has 0 radical (unpaired) electrons. The van der Waals surface area contributed by atoms with Crippen LogP contribution >= 0.6 is 0 Å². The van der Waals surface area contributed by atoms with Crippen LogP contribution in [-0.4, -0.2) is 18.5 Å². The number of carbonyl (C=O) groups is 1. The predicted octanol–water partition coefficient (Wildman–Crippen LogP) is 2.33. The Bertz CT molecular complexity index is 319. The highest BCUT2D eigenvalue weighted by molar-refractivity contribution is 5.44. The summed E-state index contributed by atoms with van der Waals surface area (Å²) in [6, 6.07) is 5.27. The number of allylic oxidation sites excluding steroid dienone is 1. The van der Waals surface area contributed by atoms with Gasteiger partial charge < -0.3 is 14.6 Å². The van der Waals surface area contributed by atoms with E-state index < -0.39 is 0 Å². The quantitative estimate of drug-likeness (QED) is 0.612. The van der Waals surface area contributed by atoms with Gasteiger partial charge in [-0.25, -0.2) is 0 Å². The molecule has 0 atom stereocenters. The number of phenolic OH excluding ortho intramolecular Hbond substituents is 1. The van der Waals surface area contributed by atoms with Gasteiger partial charge >= 0.3 is 0 Å². The Balaban J connectivity index is 0.000000583. The average molecular weight is 208 g/mol. The van der Waals surface area contributed by atoms with Crippen LogP contribution in [0.4, 0.5) is 0 Å². The van der Waals surface area contributed by atoms with Gasteiger partial charge in [0.05, 0.1) is 7.11 Å². The first-order valence-electron chi connectivity index (χ1n) is 4.56. The number of hydrogen-bond donors (Lipinski definition) is 1. The van der Waals surface area contributed by atoms with Crippen molar-refractivity contribution in [3.05, 3.63) is 36.4 Å². The van der Waals surface area contributed by atoms with Gasteiger partial charge in [0, 0.05) is 0 Å². The minimum absolute atomic E-state index is 0.172. The molecule has 0 aromatic heterocycles. The van der Waals surface area contributed by atoms with Crippen LogP contribution < -0.4 is 4.74 Å². The third kappa shape index (κ3) is 4.86. The van der Waals surface area contributed by atoms with Crippen molar-refractivity contribution in [3.8, 4) is 11.5 Å². The molecule has 1 N–H and O–H groups in total. The van der Waals surface area contributed by atoms with Crippen molar-refractivity contribution >= 4 is 6.29 Å². The topological polar surface area (TPSA) is 46.5 Å². The highest BCUT2D eigenvalue weighted by Crippen LogP contribution is 2.26. The molecule has 15 heavy (non-hydrogen) atoms. The molecule has 0 heterocycles. The molecule has 0 spiro atoms. The number of aldehydes is 1. The van der Waals surface area contributed by atoms with Crippen molar-refractivity contribution in [3.63, 3.8) is 0 Å². The molecule has 0 aliphatic heterocycles. The third-order valence-corrected chi connectivity index (χ3v) is 1.62. The summed E-state index contributed by atoms with van der Waals surface area (Å²) in [5.74, 6) is 0.680. The molecule has 0 bridgehead atoms. The van der Waals surface area contributed by atoms with E-state index in [1.165, 1.54) is 14.0 Å². The number of aromatic hydroxyl groups is 1. The fourth-order valence-electron chi connectivity index (χ4n) is 1.02. The highest BCUT2D eigenvalue weighted by Gasteiger charge is 2.00. The molecule has 1 aromatic rings. The van der Waals surface area contributed by atoms with Gasteiger partial charge in [-0.05, 0) is 31.0 Å². The Morgan fingerprint density at radius 2 is 2.13 bits per heavy atom. The van der Waals surface area contributed by atoms with Gasteiger partial charge in [-0.15, -0.1) is 6.58 Å². The first kappa shape index (κ1) is 13.2. The van der Waals surface area contributed by atoms with Crippen LogP contribution in [0.2, 0.25) is 0 Å². The van der Waals surface area contributed by atoms with Crippen LogP contribution in [0, 0.1) is 0 Å². The number of carbonyl (C=O) groups excluding carboxylic acids is 1. The minimum Gasteiger partial charge on any atom is -0.504 e. The monoisotopic (exact) mass is 208 g/mol. The second kappa shape index (κ2) is 7.62. The molecule has 82 valence electrons. The van der Waals surface area contributed by atoms with Crippen LogP contribution in [0.25, 0.3) is 0 Å². The lowest BCUT2D eigenvalue weighted by atomic mass is 10.1. The van der Waals surface area contributed by atoms with Crippen molar-refractivity contribution in [2.75, 3.05) is 7.11 Å². The van der Waals surface area contributed by atoms with E-state index in [4.69, 9.17) is 9.53 Å². The largest absolute Gasteiger partial charge is 0.504 e. The maximum Gasteiger partial charge on any atom is 0.160 e. The molecule has 0 aliphatic carbocycles. The summed E-state index contributed by atoms with van der Waals surface area (Å²) < 4.78 is 4.95. The van der Waals surface area contributed by atoms with Gasteiger partial charge in [0.15, 0.2) is 11.5 Å². The number of methoxy groups -OCH3 is 1. The van der Waals surface area contributed by atoms with E-state index in [2.05, 4.69) is 6.58 Å². The average Bonchev–Trinajstić information content (AvgIpc) is 2.22. The summed E-state index contributed by atoms with van der Waals surface area (Å²) in [4.78, 5) is 8.81. The predicted molar refractivity (Wildman–Crippen MR) is 60.3 cm³/mol. The van der Waals surface area contributed by atoms with Gasteiger partial charge in [-0.1, -0.05) is 12.1 Å². The molecule has 3 heteroatoms. The zero-order valence-electron chi connectivity index (χ0n) is 9.06. The maximum atomic E-state index is 9.25. The van der Waals surface area contributed by atoms with Crippen molar-refractivity contribution in [2.45, 2.75) is 13.3 Å². The Labute approximate surface area is 90.0 Å². The fraction of sp³-hybridized carbons (Fsp3) is 0.250. The Kier molecular flexibility index (Phi) is 6.72. The summed E-state index contributed by atoms with van der Waals surface area (Å²) in [6.07, 6.45) is 3.35. The number of hydrogen-bond acceptors (Lipinski definition) is 3. The van der Waals surface area contributed by atoms with Gasteiger partial charge in [0.2, 0.25) is 0 Å². The summed E-state index contributed by atoms with van der Waals surface area (Å²) >= 11 is 0. The summed E-state index contributed by atoms with van der Waals surface area (Å²) in [7, 11) is 1.53. The van der Waals surface area contributed by atoms with Crippen LogP contribution in [0.5, 0.6) is 11.5 Å². The van der Waals surface area contributed by atoms with Crippen LogP contribution in [0.1, 0.15) is 12.5 Å². The van der Waals surface area contributed by atoms with E-state index in [0.717, 1.165) is 18.3 Å². The second-order valence-electron chi connectivity index (χ2n) is 2.73. The molecular formula is C12H16O3. The molecule has 0 amide bonds. The van der Waals surface area contributed by atoms with Crippen LogP contribution in [0.15, 0.2) is 30.9 Å². The molecule has 0 unspecified atom stereocenters. The SMILES string of the molecule is C=CCc1ccc(O)c(OC)c1.CC=O. The van der Waals surface area contributed by atoms with E-state index in [1.807, 2.05) is 12.1 Å². The van der Waals surface area contributed by atoms with E-state index in [0.29, 0.717) is 5.75 Å². The number of phenols is 1. The molecule has 0 saturated carbocycles. The van der Waals surface area contributed by atoms with E-state index in [9.17, 15) is 5.11 Å². The van der Waals surface area contributed by atoms with Crippen molar-refractivity contribution < 1.29 is 14.6 Å². The minimum atomic E-state index is 0.172. The standard InChI is InChI=1S/C10H12O2.C2H4O/c1-3-4-8-5-6-9(11)10(7-8)12-2;1-2-3/h3,5-7,11H,1,4H2,2H3;2H,1H3. The molecule has 0 saturated heterocycles. The molecule has 1 rings (SSSR count). The first-order valence-corrected chi connectivity index (χ1v) is 4.56. The summed E-state index contributed by atoms with van der Waals surface area (Å²) in [5, 5.41) is 9.25. The highest BCUT2D eigenvalue weighted by atomic mass is 16.5. The van der Waals surface area contributed by atoms with Crippen molar-refractivity contribution in [1.29, 1.82) is 0 Å². The third-order valence-electron chi connectivity index (χ3n) is 1.62. The van der Waals surface area contributed by atoms with E-state index >= 15 is 0 Å². The fourth-order valence-corrected chi connectivity index (χ4v) is 1.02. The van der Waals surface area contributed by atoms with E-state index in [-0.39, 0.29) is 5.75 Å². The van der Waals surface area contributed by atoms with Gasteiger partial charge in [-0.2, -0.15) is 0 Å². The van der Waals surface area contributed by atoms with Gasteiger partial charge in [-0.3, -0.25) is 0 Å². The molecule has 1 aromatic carbocycles. The molecular weight excluding hydrogens is 192 g/mol. The Morgan fingerprint density at radius 3 is 2.60 bits per heavy atom. The second-order valence-corrected chi connectivity index (χ2v) is 2.73. The number of benzene rings is 1. The summed E-state index contributed by atoms with van der Waals surface area (Å²) in [5.41, 5.74) is 1.08. The Hall–Kier alpha value is -1.77. The lowest BCUT2D eigenvalue weighted by Gasteiger charge is -2.04. The zero-order valence-corrected chi connectivity index (χ0v) is 9.06. The molecule has 3 nitrogen and oxygen atoms in total. The molecule has 0 aliphatic rings.